The van der Waals surface area contributed by atoms with Gasteiger partial charge in [-0.1, -0.05) is 41.1 Å². The van der Waals surface area contributed by atoms with Crippen LogP contribution >= 0.6 is 27.3 Å². The van der Waals surface area contributed by atoms with Crippen molar-refractivity contribution in [3.05, 3.63) is 51.8 Å². The fourth-order valence-electron chi connectivity index (χ4n) is 1.84. The van der Waals surface area contributed by atoms with E-state index in [1.807, 2.05) is 11.3 Å². The van der Waals surface area contributed by atoms with Crippen LogP contribution in [0.4, 0.5) is 0 Å². The topological polar surface area (TPSA) is 12.0 Å². The van der Waals surface area contributed by atoms with E-state index in [1.165, 1.54) is 15.3 Å². The maximum absolute atomic E-state index is 3.46. The first kappa shape index (κ1) is 14.5. The number of nitrogens with one attached hydrogen (secondary N) is 1. The van der Waals surface area contributed by atoms with Crippen LogP contribution in [0, 0.1) is 0 Å². The zero-order chi connectivity index (χ0) is 13.7. The second-order valence-electron chi connectivity index (χ2n) is 4.41. The van der Waals surface area contributed by atoms with Gasteiger partial charge < -0.3 is 5.32 Å². The van der Waals surface area contributed by atoms with Gasteiger partial charge in [0.25, 0.3) is 0 Å². The molecule has 0 fully saturated rings. The van der Waals surface area contributed by atoms with Crippen LogP contribution in [0.1, 0.15) is 18.7 Å². The summed E-state index contributed by atoms with van der Waals surface area (Å²) >= 11 is 5.29. The van der Waals surface area contributed by atoms with Crippen LogP contribution in [0.25, 0.3) is 16.5 Å². The fraction of sp³-hybridized carbons (Fsp3) is 0.250. The van der Waals surface area contributed by atoms with Gasteiger partial charge in [-0.2, -0.15) is 0 Å². The molecule has 0 saturated heterocycles. The summed E-state index contributed by atoms with van der Waals surface area (Å²) in [6.45, 7) is 5.30. The Hall–Kier alpha value is -0.900. The first-order valence-corrected chi connectivity index (χ1v) is 8.07. The van der Waals surface area contributed by atoms with E-state index in [0.717, 1.165) is 11.0 Å². The smallest absolute Gasteiger partial charge is 0.0349 e. The Morgan fingerprint density at radius 3 is 2.63 bits per heavy atom. The molecule has 1 N–H and O–H groups in total. The van der Waals surface area contributed by atoms with Crippen molar-refractivity contribution in [2.45, 2.75) is 19.9 Å². The molecule has 19 heavy (non-hydrogen) atoms. The summed E-state index contributed by atoms with van der Waals surface area (Å²) in [5, 5.41) is 3.37. The maximum Gasteiger partial charge on any atom is 0.0349 e. The maximum atomic E-state index is 3.46. The standard InChI is InChI=1S/C16H18BrNS/c1-3-18-12(2)4-9-15-10-11-16(19-15)13-5-7-14(17)8-6-13/h4-12,18H,3H2,1-2H3/b9-4+. The quantitative estimate of drug-likeness (QED) is 0.792. The fourth-order valence-corrected chi connectivity index (χ4v) is 3.03. The molecule has 0 spiro atoms. The molecule has 1 heterocycles. The molecule has 0 amide bonds. The molecule has 1 atom stereocenters. The molecule has 1 aromatic heterocycles. The third-order valence-corrected chi connectivity index (χ3v) is 4.46. The lowest BCUT2D eigenvalue weighted by Crippen LogP contribution is -2.22. The second-order valence-corrected chi connectivity index (χ2v) is 6.45. The number of halogens is 1. The summed E-state index contributed by atoms with van der Waals surface area (Å²) in [6.07, 6.45) is 4.40. The molecule has 0 radical (unpaired) electrons. The number of hydrogen-bond acceptors (Lipinski definition) is 2. The summed E-state index contributed by atoms with van der Waals surface area (Å²) in [5.74, 6) is 0. The minimum Gasteiger partial charge on any atom is -0.311 e. The predicted molar refractivity (Wildman–Crippen MR) is 89.6 cm³/mol. The molecule has 0 bridgehead atoms. The Morgan fingerprint density at radius 1 is 1.21 bits per heavy atom. The average molecular weight is 336 g/mol. The van der Waals surface area contributed by atoms with Gasteiger partial charge in [-0.3, -0.25) is 0 Å². The van der Waals surface area contributed by atoms with E-state index in [-0.39, 0.29) is 0 Å². The van der Waals surface area contributed by atoms with Crippen LogP contribution in [0.15, 0.2) is 46.9 Å². The first-order chi connectivity index (χ1) is 9.19. The highest BCUT2D eigenvalue weighted by atomic mass is 79.9. The molecule has 0 aliphatic carbocycles. The first-order valence-electron chi connectivity index (χ1n) is 6.46. The third kappa shape index (κ3) is 4.30. The predicted octanol–water partition coefficient (Wildman–Crippen LogP) is 5.19. The monoisotopic (exact) mass is 335 g/mol. The van der Waals surface area contributed by atoms with E-state index in [1.54, 1.807) is 0 Å². The van der Waals surface area contributed by atoms with Gasteiger partial charge in [0.1, 0.15) is 0 Å². The van der Waals surface area contributed by atoms with Crippen LogP contribution in [0.5, 0.6) is 0 Å². The Balaban J connectivity index is 2.08. The van der Waals surface area contributed by atoms with Gasteiger partial charge in [0.15, 0.2) is 0 Å². The molecule has 100 valence electrons. The minimum atomic E-state index is 0.420. The van der Waals surface area contributed by atoms with Gasteiger partial charge in [0, 0.05) is 20.3 Å². The normalized spacial score (nSPS) is 13.0. The largest absolute Gasteiger partial charge is 0.311 e. The highest BCUT2D eigenvalue weighted by Gasteiger charge is 2.01. The number of hydrogen-bond donors (Lipinski definition) is 1. The molecule has 0 saturated carbocycles. The van der Waals surface area contributed by atoms with Crippen molar-refractivity contribution in [1.29, 1.82) is 0 Å². The van der Waals surface area contributed by atoms with Gasteiger partial charge in [-0.15, -0.1) is 11.3 Å². The van der Waals surface area contributed by atoms with E-state index < -0.39 is 0 Å². The lowest BCUT2D eigenvalue weighted by atomic mass is 10.2. The van der Waals surface area contributed by atoms with Crippen LogP contribution in [-0.4, -0.2) is 12.6 Å². The molecule has 2 aromatic rings. The summed E-state index contributed by atoms with van der Waals surface area (Å²) < 4.78 is 1.12. The van der Waals surface area contributed by atoms with Gasteiger partial charge in [0.2, 0.25) is 0 Å². The highest BCUT2D eigenvalue weighted by Crippen LogP contribution is 2.29. The van der Waals surface area contributed by atoms with Gasteiger partial charge in [-0.05, 0) is 49.4 Å². The molecule has 2 rings (SSSR count). The molecular formula is C16H18BrNS. The van der Waals surface area contributed by atoms with Crippen molar-refractivity contribution in [3.63, 3.8) is 0 Å². The van der Waals surface area contributed by atoms with Gasteiger partial charge >= 0.3 is 0 Å². The zero-order valence-electron chi connectivity index (χ0n) is 11.2. The molecular weight excluding hydrogens is 318 g/mol. The molecule has 1 unspecified atom stereocenters. The van der Waals surface area contributed by atoms with E-state index in [9.17, 15) is 0 Å². The van der Waals surface area contributed by atoms with Crippen LogP contribution in [-0.2, 0) is 0 Å². The Bertz CT molecular complexity index is 542. The van der Waals surface area contributed by atoms with Crippen molar-refractivity contribution < 1.29 is 0 Å². The Labute approximate surface area is 127 Å². The van der Waals surface area contributed by atoms with Gasteiger partial charge in [0.05, 0.1) is 0 Å². The molecule has 1 nitrogen and oxygen atoms in total. The summed E-state index contributed by atoms with van der Waals surface area (Å²) in [4.78, 5) is 2.60. The summed E-state index contributed by atoms with van der Waals surface area (Å²) in [6, 6.07) is 13.2. The van der Waals surface area contributed by atoms with E-state index >= 15 is 0 Å². The third-order valence-electron chi connectivity index (χ3n) is 2.83. The van der Waals surface area contributed by atoms with Gasteiger partial charge in [-0.25, -0.2) is 0 Å². The average Bonchev–Trinajstić information content (AvgIpc) is 2.86. The van der Waals surface area contributed by atoms with Crippen LogP contribution < -0.4 is 5.32 Å². The highest BCUT2D eigenvalue weighted by molar-refractivity contribution is 9.10. The van der Waals surface area contributed by atoms with Crippen molar-refractivity contribution in [2.24, 2.45) is 0 Å². The summed E-state index contributed by atoms with van der Waals surface area (Å²) in [5.41, 5.74) is 1.27. The van der Waals surface area contributed by atoms with Crippen LogP contribution in [0.2, 0.25) is 0 Å². The van der Waals surface area contributed by atoms with E-state index in [4.69, 9.17) is 0 Å². The van der Waals surface area contributed by atoms with Crippen molar-refractivity contribution >= 4 is 33.3 Å². The lowest BCUT2D eigenvalue weighted by Gasteiger charge is -2.04. The lowest BCUT2D eigenvalue weighted by molar-refractivity contribution is 0.663. The van der Waals surface area contributed by atoms with E-state index in [0.29, 0.717) is 6.04 Å². The molecule has 0 aliphatic rings. The Morgan fingerprint density at radius 2 is 1.95 bits per heavy atom. The molecule has 1 aromatic carbocycles. The summed E-state index contributed by atoms with van der Waals surface area (Å²) in [7, 11) is 0. The zero-order valence-corrected chi connectivity index (χ0v) is 13.6. The molecule has 3 heteroatoms. The molecule has 0 aliphatic heterocycles. The van der Waals surface area contributed by atoms with E-state index in [2.05, 4.69) is 83.6 Å². The number of benzene rings is 1. The van der Waals surface area contributed by atoms with Crippen LogP contribution in [0.3, 0.4) is 0 Å². The number of likely N-dealkylation sites (N-methyl/N-ethyl adjacent to an activating group) is 1. The second kappa shape index (κ2) is 7.04. The number of rotatable bonds is 5. The van der Waals surface area contributed by atoms with Crippen molar-refractivity contribution in [1.82, 2.24) is 5.32 Å². The van der Waals surface area contributed by atoms with Crippen molar-refractivity contribution in [3.8, 4) is 10.4 Å². The minimum absolute atomic E-state index is 0.420. The SMILES string of the molecule is CCNC(C)/C=C/c1ccc(-c2ccc(Br)cc2)s1. The Kier molecular flexibility index (Phi) is 5.37. The van der Waals surface area contributed by atoms with Crippen molar-refractivity contribution in [2.75, 3.05) is 6.54 Å². The number of thiophene rings is 1.